The number of carbonyl (C=O) groups is 1. The van der Waals surface area contributed by atoms with E-state index in [2.05, 4.69) is 55.6 Å². The van der Waals surface area contributed by atoms with Crippen LogP contribution in [0.4, 0.5) is 0 Å². The van der Waals surface area contributed by atoms with E-state index in [-0.39, 0.29) is 23.2 Å². The van der Waals surface area contributed by atoms with E-state index < -0.39 is 0 Å². The summed E-state index contributed by atoms with van der Waals surface area (Å²) >= 11 is 1.76. The Hall–Kier alpha value is -2.99. The maximum Gasteiger partial charge on any atom is 0.243 e. The molecule has 1 saturated carbocycles. The summed E-state index contributed by atoms with van der Waals surface area (Å²) in [6.45, 7) is 6.62. The Labute approximate surface area is 206 Å². The van der Waals surface area contributed by atoms with Gasteiger partial charge in [0.25, 0.3) is 0 Å². The predicted molar refractivity (Wildman–Crippen MR) is 138 cm³/mol. The monoisotopic (exact) mass is 476 g/mol. The molecule has 0 spiro atoms. The van der Waals surface area contributed by atoms with Gasteiger partial charge in [0.15, 0.2) is 0 Å². The largest absolute Gasteiger partial charge is 0.496 e. The number of hydrazone groups is 1. The topological polar surface area (TPSA) is 63.8 Å². The Kier molecular flexibility index (Phi) is 7.47. The number of furan rings is 1. The van der Waals surface area contributed by atoms with Crippen molar-refractivity contribution < 1.29 is 13.9 Å². The average molecular weight is 477 g/mol. The summed E-state index contributed by atoms with van der Waals surface area (Å²) in [5, 5.41) is 4.21. The molecular formula is C28H32N2O3S. The van der Waals surface area contributed by atoms with E-state index in [4.69, 9.17) is 9.15 Å². The molecular weight excluding hydrogens is 444 g/mol. The molecule has 1 fully saturated rings. The molecule has 2 atom stereocenters. The van der Waals surface area contributed by atoms with Gasteiger partial charge >= 0.3 is 0 Å². The molecule has 1 aliphatic rings. The first-order valence-electron chi connectivity index (χ1n) is 11.6. The van der Waals surface area contributed by atoms with Gasteiger partial charge in [-0.05, 0) is 64.8 Å². The molecule has 0 bridgehead atoms. The number of methoxy groups -OCH3 is 1. The lowest BCUT2D eigenvalue weighted by atomic mass is 9.86. The number of benzene rings is 2. The summed E-state index contributed by atoms with van der Waals surface area (Å²) in [4.78, 5) is 12.6. The molecule has 2 unspecified atom stereocenters. The smallest absolute Gasteiger partial charge is 0.243 e. The van der Waals surface area contributed by atoms with Crippen molar-refractivity contribution in [3.8, 4) is 5.75 Å². The Morgan fingerprint density at radius 1 is 1.18 bits per heavy atom. The number of amides is 1. The molecule has 1 aliphatic carbocycles. The molecule has 6 heteroatoms. The van der Waals surface area contributed by atoms with Gasteiger partial charge in [-0.3, -0.25) is 4.79 Å². The molecule has 0 aliphatic heterocycles. The molecule has 34 heavy (non-hydrogen) atoms. The molecule has 178 valence electrons. The third-order valence-corrected chi connectivity index (χ3v) is 7.11. The van der Waals surface area contributed by atoms with Crippen molar-refractivity contribution in [1.29, 1.82) is 0 Å². The van der Waals surface area contributed by atoms with Crippen LogP contribution in [0.25, 0.3) is 0 Å². The molecule has 1 N–H and O–H groups in total. The van der Waals surface area contributed by atoms with Gasteiger partial charge < -0.3 is 9.15 Å². The normalized spacial score (nSPS) is 17.6. The number of hydrogen-bond donors (Lipinski definition) is 1. The molecule has 2 aromatic carbocycles. The highest BCUT2D eigenvalue weighted by Gasteiger charge is 2.44. The summed E-state index contributed by atoms with van der Waals surface area (Å²) < 4.78 is 10.9. The Morgan fingerprint density at radius 2 is 1.97 bits per heavy atom. The van der Waals surface area contributed by atoms with Gasteiger partial charge in [-0.2, -0.15) is 5.10 Å². The molecule has 5 nitrogen and oxygen atoms in total. The van der Waals surface area contributed by atoms with Gasteiger partial charge in [0, 0.05) is 17.2 Å². The van der Waals surface area contributed by atoms with E-state index in [0.29, 0.717) is 0 Å². The summed E-state index contributed by atoms with van der Waals surface area (Å²) in [5.74, 6) is 3.62. The Balaban J connectivity index is 1.30. The lowest BCUT2D eigenvalue weighted by molar-refractivity contribution is -0.122. The summed E-state index contributed by atoms with van der Waals surface area (Å²) in [5.41, 5.74) is 7.38. The third-order valence-electron chi connectivity index (χ3n) is 6.11. The maximum atomic E-state index is 12.6. The van der Waals surface area contributed by atoms with Crippen LogP contribution in [-0.4, -0.2) is 19.2 Å². The van der Waals surface area contributed by atoms with Crippen LogP contribution < -0.4 is 10.2 Å². The van der Waals surface area contributed by atoms with Crippen LogP contribution >= 0.6 is 11.8 Å². The lowest BCUT2D eigenvalue weighted by Gasteiger charge is -2.19. The number of nitrogens with one attached hydrogen (secondary N) is 1. The van der Waals surface area contributed by atoms with E-state index in [1.807, 2.05) is 30.3 Å². The van der Waals surface area contributed by atoms with Crippen molar-refractivity contribution in [3.63, 3.8) is 0 Å². The van der Waals surface area contributed by atoms with Crippen molar-refractivity contribution in [1.82, 2.24) is 5.43 Å². The standard InChI is InChI=1S/C28H32N2O3S/c1-28(2,3)22-10-8-20(9-11-22)24-15-25(24)27(31)30-29-16-19-7-12-26(32-4)21(14-19)17-34-18-23-6-5-13-33-23/h5-14,16,24-25H,15,17-18H2,1-4H3,(H,30,31). The highest BCUT2D eigenvalue weighted by molar-refractivity contribution is 7.97. The van der Waals surface area contributed by atoms with Crippen molar-refractivity contribution >= 4 is 23.9 Å². The summed E-state index contributed by atoms with van der Waals surface area (Å²) in [6.07, 6.45) is 4.25. The highest BCUT2D eigenvalue weighted by Crippen LogP contribution is 2.47. The second kappa shape index (κ2) is 10.5. The van der Waals surface area contributed by atoms with Crippen LogP contribution in [0.1, 0.15) is 61.1 Å². The predicted octanol–water partition coefficient (Wildman–Crippen LogP) is 6.27. The first-order valence-corrected chi connectivity index (χ1v) is 12.7. The van der Waals surface area contributed by atoms with Crippen molar-refractivity contribution in [2.45, 2.75) is 50.0 Å². The molecule has 0 saturated heterocycles. The highest BCUT2D eigenvalue weighted by atomic mass is 32.2. The third kappa shape index (κ3) is 6.11. The van der Waals surface area contributed by atoms with Gasteiger partial charge in [-0.25, -0.2) is 5.43 Å². The minimum absolute atomic E-state index is 0.0120. The van der Waals surface area contributed by atoms with Gasteiger partial charge in [-0.15, -0.1) is 11.8 Å². The van der Waals surface area contributed by atoms with Gasteiger partial charge in [0.05, 0.1) is 25.3 Å². The summed E-state index contributed by atoms with van der Waals surface area (Å²) in [6, 6.07) is 18.4. The zero-order valence-electron chi connectivity index (χ0n) is 20.2. The number of hydrogen-bond acceptors (Lipinski definition) is 5. The van der Waals surface area contributed by atoms with Crippen LogP contribution in [-0.2, 0) is 21.7 Å². The number of carbonyl (C=O) groups excluding carboxylic acids is 1. The Morgan fingerprint density at radius 3 is 2.65 bits per heavy atom. The van der Waals surface area contributed by atoms with E-state index >= 15 is 0 Å². The van der Waals surface area contributed by atoms with Gasteiger partial charge in [0.2, 0.25) is 5.91 Å². The minimum atomic E-state index is -0.0242. The van der Waals surface area contributed by atoms with Crippen molar-refractivity contribution in [2.75, 3.05) is 7.11 Å². The molecule has 4 rings (SSSR count). The molecule has 1 aromatic heterocycles. The zero-order chi connectivity index (χ0) is 24.1. The number of ether oxygens (including phenoxy) is 1. The van der Waals surface area contributed by atoms with Gasteiger partial charge in [-0.1, -0.05) is 45.0 Å². The molecule has 1 amide bonds. The number of nitrogens with zero attached hydrogens (tertiary/aromatic N) is 1. The first-order chi connectivity index (χ1) is 16.3. The summed E-state index contributed by atoms with van der Waals surface area (Å²) in [7, 11) is 1.67. The zero-order valence-corrected chi connectivity index (χ0v) is 21.0. The van der Waals surface area contributed by atoms with Crippen molar-refractivity contribution in [2.24, 2.45) is 11.0 Å². The lowest BCUT2D eigenvalue weighted by Crippen LogP contribution is -2.20. The quantitative estimate of drug-likeness (QED) is 0.292. The van der Waals surface area contributed by atoms with E-state index in [9.17, 15) is 4.79 Å². The number of rotatable bonds is 9. The fourth-order valence-electron chi connectivity index (χ4n) is 3.98. The van der Waals surface area contributed by atoms with E-state index in [1.54, 1.807) is 31.3 Å². The van der Waals surface area contributed by atoms with Crippen molar-refractivity contribution in [3.05, 3.63) is 88.9 Å². The molecule has 0 radical (unpaired) electrons. The fourth-order valence-corrected chi connectivity index (χ4v) is 4.90. The van der Waals surface area contributed by atoms with Crippen LogP contribution in [0.3, 0.4) is 0 Å². The van der Waals surface area contributed by atoms with E-state index in [1.165, 1.54) is 11.1 Å². The Bertz CT molecular complexity index is 1130. The molecule has 3 aromatic rings. The van der Waals surface area contributed by atoms with Gasteiger partial charge in [0.1, 0.15) is 11.5 Å². The van der Waals surface area contributed by atoms with Crippen LogP contribution in [0.2, 0.25) is 0 Å². The number of thioether (sulfide) groups is 1. The SMILES string of the molecule is COc1ccc(C=NNC(=O)C2CC2c2ccc(C(C)(C)C)cc2)cc1CSCc1ccco1. The average Bonchev–Trinajstić information content (AvgIpc) is 3.46. The fraction of sp³-hybridized carbons (Fsp3) is 0.357. The second-order valence-corrected chi connectivity index (χ2v) is 10.7. The first kappa shape index (κ1) is 24.1. The van der Waals surface area contributed by atoms with E-state index in [0.717, 1.165) is 40.6 Å². The maximum absolute atomic E-state index is 12.6. The minimum Gasteiger partial charge on any atom is -0.496 e. The molecule has 1 heterocycles. The second-order valence-electron chi connectivity index (χ2n) is 9.70. The van der Waals surface area contributed by atoms with Crippen LogP contribution in [0, 0.1) is 5.92 Å². The van der Waals surface area contributed by atoms with Crippen LogP contribution in [0.15, 0.2) is 70.4 Å². The van der Waals surface area contributed by atoms with Crippen LogP contribution in [0.5, 0.6) is 5.75 Å².